The Hall–Kier alpha value is -2.02. The van der Waals surface area contributed by atoms with E-state index >= 15 is 0 Å². The summed E-state index contributed by atoms with van der Waals surface area (Å²) >= 11 is 0. The highest BCUT2D eigenvalue weighted by atomic mass is 32.2. The summed E-state index contributed by atoms with van der Waals surface area (Å²) in [7, 11) is -8.15. The number of nitrogens with zero attached hydrogens (tertiary/aromatic N) is 1. The van der Waals surface area contributed by atoms with Crippen LogP contribution in [0.15, 0.2) is 28.0 Å². The van der Waals surface area contributed by atoms with Crippen LogP contribution in [0.1, 0.15) is 20.8 Å². The number of hydrogen-bond donors (Lipinski definition) is 0. The van der Waals surface area contributed by atoms with Crippen LogP contribution in [0.2, 0.25) is 0 Å². The zero-order valence-corrected chi connectivity index (χ0v) is 15.3. The van der Waals surface area contributed by atoms with Crippen molar-refractivity contribution in [3.05, 3.63) is 28.3 Å². The highest BCUT2D eigenvalue weighted by molar-refractivity contribution is 7.92. The molecule has 0 aromatic heterocycles. The smallest absolute Gasteiger partial charge is 0.459 e. The molecule has 0 spiro atoms. The van der Waals surface area contributed by atoms with E-state index in [2.05, 4.69) is 0 Å². The van der Waals surface area contributed by atoms with Crippen LogP contribution in [-0.2, 0) is 30.2 Å². The third kappa shape index (κ3) is 5.24. The molecule has 0 aliphatic rings. The number of ether oxygens (including phenoxy) is 1. The zero-order valence-electron chi connectivity index (χ0n) is 13.7. The van der Waals surface area contributed by atoms with Gasteiger partial charge in [-0.25, -0.2) is 8.42 Å². The number of halogens is 3. The van der Waals surface area contributed by atoms with Crippen LogP contribution in [0.5, 0.6) is 0 Å². The van der Waals surface area contributed by atoms with E-state index in [0.29, 0.717) is 12.1 Å². The number of carbonyl (C=O) groups is 1. The SMILES string of the molecule is CC(C)(C)OC(=O)CS(=O)c1ccc(S(=O)(=O)C(F)(F)F)cc1[N+](=O)[O-]. The van der Waals surface area contributed by atoms with Crippen LogP contribution in [0.25, 0.3) is 0 Å². The van der Waals surface area contributed by atoms with Crippen molar-refractivity contribution in [3.8, 4) is 0 Å². The van der Waals surface area contributed by atoms with Gasteiger partial charge in [0.25, 0.3) is 15.5 Å². The number of sulfone groups is 1. The average Bonchev–Trinajstić information content (AvgIpc) is 2.42. The molecule has 8 nitrogen and oxygen atoms in total. The van der Waals surface area contributed by atoms with Gasteiger partial charge in [0, 0.05) is 6.07 Å². The molecule has 26 heavy (non-hydrogen) atoms. The first-order valence-electron chi connectivity index (χ1n) is 6.76. The molecule has 0 heterocycles. The first kappa shape index (κ1) is 22.0. The Morgan fingerprint density at radius 3 is 2.23 bits per heavy atom. The summed E-state index contributed by atoms with van der Waals surface area (Å²) in [6.07, 6.45) is 0. The minimum absolute atomic E-state index is 0.158. The molecular weight excluding hydrogens is 403 g/mol. The fourth-order valence-electron chi connectivity index (χ4n) is 1.69. The van der Waals surface area contributed by atoms with E-state index in [9.17, 15) is 40.7 Å². The Morgan fingerprint density at radius 1 is 1.27 bits per heavy atom. The Kier molecular flexibility index (Phi) is 6.19. The highest BCUT2D eigenvalue weighted by Gasteiger charge is 2.47. The molecule has 1 unspecified atom stereocenters. The Labute approximate surface area is 148 Å². The maximum atomic E-state index is 12.6. The van der Waals surface area contributed by atoms with Crippen molar-refractivity contribution in [2.45, 2.75) is 41.7 Å². The van der Waals surface area contributed by atoms with E-state index in [1.165, 1.54) is 20.8 Å². The third-order valence-electron chi connectivity index (χ3n) is 2.66. The van der Waals surface area contributed by atoms with Crippen molar-refractivity contribution in [1.82, 2.24) is 0 Å². The fraction of sp³-hybridized carbons (Fsp3) is 0.462. The van der Waals surface area contributed by atoms with Crippen LogP contribution in [0.4, 0.5) is 18.9 Å². The van der Waals surface area contributed by atoms with Gasteiger partial charge in [0.2, 0.25) is 0 Å². The molecular formula is C13H14F3NO7S2. The van der Waals surface area contributed by atoms with E-state index in [-0.39, 0.29) is 6.07 Å². The second kappa shape index (κ2) is 7.31. The zero-order chi connectivity index (χ0) is 20.5. The van der Waals surface area contributed by atoms with Crippen molar-refractivity contribution >= 4 is 32.3 Å². The lowest BCUT2D eigenvalue weighted by molar-refractivity contribution is -0.388. The second-order valence-corrected chi connectivity index (χ2v) is 9.27. The number of rotatable bonds is 5. The maximum absolute atomic E-state index is 12.6. The normalized spacial score (nSPS) is 13.9. The molecule has 0 saturated carbocycles. The highest BCUT2D eigenvalue weighted by Crippen LogP contribution is 2.34. The molecule has 1 aromatic rings. The molecule has 146 valence electrons. The molecule has 0 aliphatic heterocycles. The number of hydrogen-bond acceptors (Lipinski definition) is 7. The molecule has 1 atom stereocenters. The molecule has 0 radical (unpaired) electrons. The van der Waals surface area contributed by atoms with Gasteiger partial charge in [0.05, 0.1) is 20.6 Å². The number of carbonyl (C=O) groups excluding carboxylic acids is 1. The van der Waals surface area contributed by atoms with Gasteiger partial charge in [-0.2, -0.15) is 13.2 Å². The van der Waals surface area contributed by atoms with Gasteiger partial charge in [0.1, 0.15) is 16.2 Å². The summed E-state index contributed by atoms with van der Waals surface area (Å²) in [5, 5.41) is 11.0. The molecule has 0 bridgehead atoms. The molecule has 13 heteroatoms. The maximum Gasteiger partial charge on any atom is 0.501 e. The van der Waals surface area contributed by atoms with Gasteiger partial charge >= 0.3 is 11.5 Å². The lowest BCUT2D eigenvalue weighted by Gasteiger charge is -2.19. The first-order chi connectivity index (χ1) is 11.6. The Bertz CT molecular complexity index is 857. The number of alkyl halides is 3. The fourth-order valence-corrected chi connectivity index (χ4v) is 3.49. The number of nitro groups is 1. The standard InChI is InChI=1S/C13H14F3NO7S2/c1-12(2,3)24-11(18)7-25(21)10-5-4-8(6-9(10)17(19)20)26(22,23)13(14,15)16/h4-6H,7H2,1-3H3. The van der Waals surface area contributed by atoms with Gasteiger partial charge in [-0.1, -0.05) is 0 Å². The average molecular weight is 417 g/mol. The van der Waals surface area contributed by atoms with Crippen molar-refractivity contribution in [2.75, 3.05) is 5.75 Å². The molecule has 0 amide bonds. The Balaban J connectivity index is 3.28. The molecule has 1 aromatic carbocycles. The molecule has 0 fully saturated rings. The summed E-state index contributed by atoms with van der Waals surface area (Å²) < 4.78 is 77.4. The lowest BCUT2D eigenvalue weighted by atomic mass is 10.2. The van der Waals surface area contributed by atoms with Crippen molar-refractivity contribution < 1.29 is 40.3 Å². The predicted molar refractivity (Wildman–Crippen MR) is 83.5 cm³/mol. The second-order valence-electron chi connectivity index (χ2n) is 5.91. The van der Waals surface area contributed by atoms with Crippen LogP contribution < -0.4 is 0 Å². The summed E-state index contributed by atoms with van der Waals surface area (Å²) in [5.74, 6) is -1.74. The predicted octanol–water partition coefficient (Wildman–Crippen LogP) is 2.34. The molecule has 1 rings (SSSR count). The number of nitro benzene ring substituents is 1. The molecule has 0 N–H and O–H groups in total. The third-order valence-corrected chi connectivity index (χ3v) is 5.47. The summed E-state index contributed by atoms with van der Waals surface area (Å²) in [4.78, 5) is 19.6. The van der Waals surface area contributed by atoms with E-state index in [1.54, 1.807) is 0 Å². The topological polar surface area (TPSA) is 121 Å². The van der Waals surface area contributed by atoms with Gasteiger partial charge in [-0.15, -0.1) is 0 Å². The van der Waals surface area contributed by atoms with Crippen molar-refractivity contribution in [3.63, 3.8) is 0 Å². The summed E-state index contributed by atoms with van der Waals surface area (Å²) in [6.45, 7) is 4.60. The first-order valence-corrected chi connectivity index (χ1v) is 9.56. The minimum atomic E-state index is -5.82. The van der Waals surface area contributed by atoms with E-state index in [0.717, 1.165) is 0 Å². The number of benzene rings is 1. The Morgan fingerprint density at radius 2 is 1.81 bits per heavy atom. The largest absolute Gasteiger partial charge is 0.501 e. The van der Waals surface area contributed by atoms with Crippen LogP contribution >= 0.6 is 0 Å². The van der Waals surface area contributed by atoms with Gasteiger partial charge in [-0.3, -0.25) is 19.1 Å². The number of esters is 1. The van der Waals surface area contributed by atoms with Crippen molar-refractivity contribution in [1.29, 1.82) is 0 Å². The van der Waals surface area contributed by atoms with E-state index in [4.69, 9.17) is 4.74 Å². The monoisotopic (exact) mass is 417 g/mol. The minimum Gasteiger partial charge on any atom is -0.459 e. The van der Waals surface area contributed by atoms with Crippen LogP contribution in [0.3, 0.4) is 0 Å². The summed E-state index contributed by atoms with van der Waals surface area (Å²) in [5.41, 5.74) is -7.67. The van der Waals surface area contributed by atoms with Gasteiger partial charge in [-0.05, 0) is 32.9 Å². The van der Waals surface area contributed by atoms with Crippen LogP contribution in [0, 0.1) is 10.1 Å². The van der Waals surface area contributed by atoms with Gasteiger partial charge < -0.3 is 4.74 Å². The van der Waals surface area contributed by atoms with Gasteiger partial charge in [0.15, 0.2) is 0 Å². The lowest BCUT2D eigenvalue weighted by Crippen LogP contribution is -2.27. The quantitative estimate of drug-likeness (QED) is 0.409. The summed E-state index contributed by atoms with van der Waals surface area (Å²) in [6, 6.07) is 1.21. The van der Waals surface area contributed by atoms with Crippen molar-refractivity contribution in [2.24, 2.45) is 0 Å². The molecule has 0 saturated heterocycles. The van der Waals surface area contributed by atoms with Crippen LogP contribution in [-0.4, -0.2) is 40.4 Å². The van der Waals surface area contributed by atoms with E-state index < -0.39 is 63.9 Å². The van der Waals surface area contributed by atoms with E-state index in [1.807, 2.05) is 0 Å². The molecule has 0 aliphatic carbocycles.